The van der Waals surface area contributed by atoms with Gasteiger partial charge in [-0.1, -0.05) is 41.6 Å². The number of aromatic nitrogens is 3. The summed E-state index contributed by atoms with van der Waals surface area (Å²) in [6.07, 6.45) is 0.0167. The number of carbonyl (C=O) groups is 1. The van der Waals surface area contributed by atoms with Gasteiger partial charge >= 0.3 is 5.97 Å². The summed E-state index contributed by atoms with van der Waals surface area (Å²) >= 11 is 0. The first kappa shape index (κ1) is 12.3. The van der Waals surface area contributed by atoms with Crippen molar-refractivity contribution in [1.29, 1.82) is 0 Å². The fraction of sp³-hybridized carbons (Fsp3) is 0.133. The molecule has 5 heteroatoms. The van der Waals surface area contributed by atoms with E-state index in [1.54, 1.807) is 4.68 Å². The van der Waals surface area contributed by atoms with E-state index >= 15 is 0 Å². The van der Waals surface area contributed by atoms with E-state index in [0.29, 0.717) is 6.54 Å². The smallest absolute Gasteiger partial charge is 0.307 e. The zero-order valence-corrected chi connectivity index (χ0v) is 10.7. The summed E-state index contributed by atoms with van der Waals surface area (Å²) in [5.74, 6) is -0.833. The summed E-state index contributed by atoms with van der Waals surface area (Å²) in [5, 5.41) is 17.2. The Bertz CT molecular complexity index is 764. The van der Waals surface area contributed by atoms with E-state index in [1.165, 1.54) is 0 Å². The molecule has 0 unspecified atom stereocenters. The molecule has 0 aliphatic carbocycles. The Morgan fingerprint density at radius 3 is 2.55 bits per heavy atom. The first-order chi connectivity index (χ1) is 9.74. The quantitative estimate of drug-likeness (QED) is 0.786. The molecule has 0 radical (unpaired) electrons. The fourth-order valence-corrected chi connectivity index (χ4v) is 2.24. The molecule has 0 aliphatic heterocycles. The summed E-state index contributed by atoms with van der Waals surface area (Å²) in [4.78, 5) is 10.9. The normalized spacial score (nSPS) is 10.8. The van der Waals surface area contributed by atoms with Crippen LogP contribution in [0.4, 0.5) is 0 Å². The Morgan fingerprint density at radius 2 is 1.75 bits per heavy atom. The second kappa shape index (κ2) is 5.13. The van der Waals surface area contributed by atoms with Gasteiger partial charge < -0.3 is 5.11 Å². The van der Waals surface area contributed by atoms with Crippen LogP contribution in [0.2, 0.25) is 0 Å². The Morgan fingerprint density at radius 1 is 1.05 bits per heavy atom. The highest BCUT2D eigenvalue weighted by molar-refractivity contribution is 5.74. The Balaban J connectivity index is 1.97. The van der Waals surface area contributed by atoms with Gasteiger partial charge in [-0.2, -0.15) is 0 Å². The van der Waals surface area contributed by atoms with Crippen LogP contribution in [0.1, 0.15) is 11.1 Å². The Kier molecular flexibility index (Phi) is 3.16. The highest BCUT2D eigenvalue weighted by Crippen LogP contribution is 2.15. The number of carboxylic acid groups (broad SMARTS) is 1. The molecule has 1 N–H and O–H groups in total. The van der Waals surface area contributed by atoms with Gasteiger partial charge in [0.1, 0.15) is 5.52 Å². The molecule has 100 valence electrons. The number of rotatable bonds is 4. The average molecular weight is 267 g/mol. The van der Waals surface area contributed by atoms with Crippen molar-refractivity contribution in [2.75, 3.05) is 0 Å². The zero-order valence-electron chi connectivity index (χ0n) is 10.7. The number of benzene rings is 2. The van der Waals surface area contributed by atoms with Crippen LogP contribution in [0.15, 0.2) is 48.5 Å². The minimum atomic E-state index is -0.833. The lowest BCUT2D eigenvalue weighted by molar-refractivity contribution is -0.136. The molecule has 1 heterocycles. The molecule has 0 bridgehead atoms. The first-order valence-electron chi connectivity index (χ1n) is 6.31. The third kappa shape index (κ3) is 2.38. The number of fused-ring (bicyclic) bond motifs is 1. The zero-order chi connectivity index (χ0) is 13.9. The van der Waals surface area contributed by atoms with Crippen molar-refractivity contribution in [3.8, 4) is 0 Å². The molecular formula is C15H13N3O2. The molecule has 0 fully saturated rings. The molecule has 0 saturated heterocycles. The number of hydrogen-bond donors (Lipinski definition) is 1. The minimum absolute atomic E-state index is 0.0167. The van der Waals surface area contributed by atoms with Gasteiger partial charge in [-0.25, -0.2) is 4.68 Å². The van der Waals surface area contributed by atoms with Crippen LogP contribution in [0, 0.1) is 0 Å². The van der Waals surface area contributed by atoms with Gasteiger partial charge in [0.05, 0.1) is 18.5 Å². The van der Waals surface area contributed by atoms with E-state index in [9.17, 15) is 4.79 Å². The molecular weight excluding hydrogens is 254 g/mol. The predicted octanol–water partition coefficient (Wildman–Crippen LogP) is 2.11. The van der Waals surface area contributed by atoms with E-state index in [0.717, 1.165) is 22.2 Å². The molecule has 3 rings (SSSR count). The van der Waals surface area contributed by atoms with Crippen molar-refractivity contribution in [3.63, 3.8) is 0 Å². The third-order valence-corrected chi connectivity index (χ3v) is 3.20. The Labute approximate surface area is 115 Å². The summed E-state index contributed by atoms with van der Waals surface area (Å²) < 4.78 is 1.79. The van der Waals surface area contributed by atoms with Crippen molar-refractivity contribution >= 4 is 17.0 Å². The van der Waals surface area contributed by atoms with Gasteiger partial charge in [-0.3, -0.25) is 4.79 Å². The molecule has 2 aromatic carbocycles. The van der Waals surface area contributed by atoms with Gasteiger partial charge in [0.2, 0.25) is 0 Å². The van der Waals surface area contributed by atoms with E-state index in [-0.39, 0.29) is 6.42 Å². The van der Waals surface area contributed by atoms with Crippen molar-refractivity contribution in [1.82, 2.24) is 15.0 Å². The Hall–Kier alpha value is -2.69. The van der Waals surface area contributed by atoms with Crippen LogP contribution in [-0.4, -0.2) is 26.1 Å². The first-order valence-corrected chi connectivity index (χ1v) is 6.31. The maximum Gasteiger partial charge on any atom is 0.307 e. The summed E-state index contributed by atoms with van der Waals surface area (Å²) in [6, 6.07) is 15.2. The molecule has 3 aromatic rings. The van der Waals surface area contributed by atoms with Gasteiger partial charge in [0, 0.05) is 0 Å². The maximum atomic E-state index is 10.9. The van der Waals surface area contributed by atoms with Crippen LogP contribution in [-0.2, 0) is 17.8 Å². The molecule has 0 atom stereocenters. The molecule has 0 amide bonds. The standard InChI is InChI=1S/C15H13N3O2/c19-15(20)9-11-5-1-2-6-12(11)10-18-14-8-4-3-7-13(14)16-17-18/h1-8H,9-10H2,(H,19,20). The van der Waals surface area contributed by atoms with Crippen LogP contribution >= 0.6 is 0 Å². The topological polar surface area (TPSA) is 68.0 Å². The van der Waals surface area contributed by atoms with Gasteiger partial charge in [-0.05, 0) is 23.3 Å². The van der Waals surface area contributed by atoms with E-state index < -0.39 is 5.97 Å². The highest BCUT2D eigenvalue weighted by atomic mass is 16.4. The monoisotopic (exact) mass is 267 g/mol. The van der Waals surface area contributed by atoms with Crippen LogP contribution in [0.5, 0.6) is 0 Å². The largest absolute Gasteiger partial charge is 0.481 e. The van der Waals surface area contributed by atoms with Crippen LogP contribution in [0.25, 0.3) is 11.0 Å². The summed E-state index contributed by atoms with van der Waals surface area (Å²) in [6.45, 7) is 0.518. The lowest BCUT2D eigenvalue weighted by Crippen LogP contribution is -2.08. The van der Waals surface area contributed by atoms with Crippen LogP contribution in [0.3, 0.4) is 0 Å². The molecule has 0 aliphatic rings. The molecule has 0 spiro atoms. The predicted molar refractivity (Wildman–Crippen MR) is 74.4 cm³/mol. The average Bonchev–Trinajstić information content (AvgIpc) is 2.84. The molecule has 20 heavy (non-hydrogen) atoms. The summed E-state index contributed by atoms with van der Waals surface area (Å²) in [5.41, 5.74) is 3.53. The lowest BCUT2D eigenvalue weighted by atomic mass is 10.0. The molecule has 5 nitrogen and oxygen atoms in total. The van der Waals surface area contributed by atoms with Gasteiger partial charge in [-0.15, -0.1) is 5.10 Å². The van der Waals surface area contributed by atoms with Gasteiger partial charge in [0.25, 0.3) is 0 Å². The summed E-state index contributed by atoms with van der Waals surface area (Å²) in [7, 11) is 0. The molecule has 0 saturated carbocycles. The maximum absolute atomic E-state index is 10.9. The van der Waals surface area contributed by atoms with Crippen LogP contribution < -0.4 is 0 Å². The van der Waals surface area contributed by atoms with Gasteiger partial charge in [0.15, 0.2) is 0 Å². The van der Waals surface area contributed by atoms with Crippen molar-refractivity contribution in [2.45, 2.75) is 13.0 Å². The number of aliphatic carboxylic acids is 1. The number of nitrogens with zero attached hydrogens (tertiary/aromatic N) is 3. The van der Waals surface area contributed by atoms with Crippen molar-refractivity contribution in [2.24, 2.45) is 0 Å². The molecule has 1 aromatic heterocycles. The number of carboxylic acids is 1. The SMILES string of the molecule is O=C(O)Cc1ccccc1Cn1nnc2ccccc21. The van der Waals surface area contributed by atoms with E-state index in [4.69, 9.17) is 5.11 Å². The second-order valence-corrected chi connectivity index (χ2v) is 4.58. The van der Waals surface area contributed by atoms with E-state index in [2.05, 4.69) is 10.3 Å². The number of hydrogen-bond acceptors (Lipinski definition) is 3. The lowest BCUT2D eigenvalue weighted by Gasteiger charge is -2.08. The third-order valence-electron chi connectivity index (χ3n) is 3.20. The minimum Gasteiger partial charge on any atom is -0.481 e. The number of para-hydroxylation sites is 1. The second-order valence-electron chi connectivity index (χ2n) is 4.58. The fourth-order valence-electron chi connectivity index (χ4n) is 2.24. The van der Waals surface area contributed by atoms with E-state index in [1.807, 2.05) is 48.5 Å². The van der Waals surface area contributed by atoms with Crippen molar-refractivity contribution < 1.29 is 9.90 Å². The highest BCUT2D eigenvalue weighted by Gasteiger charge is 2.09. The van der Waals surface area contributed by atoms with Crippen molar-refractivity contribution in [3.05, 3.63) is 59.7 Å².